The number of piperazine rings is 1. The van der Waals surface area contributed by atoms with E-state index < -0.39 is 0 Å². The lowest BCUT2D eigenvalue weighted by Crippen LogP contribution is -2.45. The number of hydrogen-bond acceptors (Lipinski definition) is 4. The van der Waals surface area contributed by atoms with Gasteiger partial charge in [-0.05, 0) is 51.9 Å². The molecule has 2 saturated heterocycles. The highest BCUT2D eigenvalue weighted by Crippen LogP contribution is 2.20. The van der Waals surface area contributed by atoms with Crippen LogP contribution in [-0.2, 0) is 4.79 Å². The van der Waals surface area contributed by atoms with Gasteiger partial charge < -0.3 is 15.5 Å². The Bertz CT molecular complexity index is 281. The SMILES string of the molecule is CN1CCN(CCC2CCN(CC(N)=O)CC2)CC1. The molecular formula is C14H28N4O. The summed E-state index contributed by atoms with van der Waals surface area (Å²) in [6, 6.07) is 0. The Labute approximate surface area is 116 Å². The molecule has 2 N–H and O–H groups in total. The first kappa shape index (κ1) is 14.8. The maximum absolute atomic E-state index is 10.9. The van der Waals surface area contributed by atoms with E-state index in [-0.39, 0.29) is 5.91 Å². The van der Waals surface area contributed by atoms with Gasteiger partial charge in [0.25, 0.3) is 0 Å². The predicted molar refractivity (Wildman–Crippen MR) is 76.9 cm³/mol. The van der Waals surface area contributed by atoms with Crippen molar-refractivity contribution in [1.29, 1.82) is 0 Å². The van der Waals surface area contributed by atoms with E-state index in [1.54, 1.807) is 0 Å². The summed E-state index contributed by atoms with van der Waals surface area (Å²) in [7, 11) is 2.20. The van der Waals surface area contributed by atoms with Crippen molar-refractivity contribution in [3.05, 3.63) is 0 Å². The van der Waals surface area contributed by atoms with Crippen molar-refractivity contribution in [3.63, 3.8) is 0 Å². The Kier molecular flexibility index (Phi) is 5.60. The van der Waals surface area contributed by atoms with Crippen molar-refractivity contribution in [3.8, 4) is 0 Å². The molecule has 0 atom stereocenters. The van der Waals surface area contributed by atoms with E-state index >= 15 is 0 Å². The number of nitrogens with two attached hydrogens (primary N) is 1. The summed E-state index contributed by atoms with van der Waals surface area (Å²) >= 11 is 0. The standard InChI is InChI=1S/C14H28N4O/c1-16-8-10-17(11-9-16)5-2-13-3-6-18(7-4-13)12-14(15)19/h13H,2-12H2,1H3,(H2,15,19). The molecule has 2 aliphatic rings. The second kappa shape index (κ2) is 7.22. The van der Waals surface area contributed by atoms with Crippen LogP contribution in [0.25, 0.3) is 0 Å². The molecule has 0 aromatic carbocycles. The second-order valence-corrected chi connectivity index (χ2v) is 6.12. The van der Waals surface area contributed by atoms with Crippen LogP contribution >= 0.6 is 0 Å². The summed E-state index contributed by atoms with van der Waals surface area (Å²) < 4.78 is 0. The van der Waals surface area contributed by atoms with E-state index in [0.717, 1.165) is 19.0 Å². The number of carbonyl (C=O) groups is 1. The molecule has 0 spiro atoms. The first-order chi connectivity index (χ1) is 9.13. The van der Waals surface area contributed by atoms with E-state index in [1.807, 2.05) is 0 Å². The molecule has 0 bridgehead atoms. The highest BCUT2D eigenvalue weighted by molar-refractivity contribution is 5.75. The van der Waals surface area contributed by atoms with Gasteiger partial charge in [-0.2, -0.15) is 0 Å². The number of carbonyl (C=O) groups excluding carboxylic acids is 1. The van der Waals surface area contributed by atoms with Crippen LogP contribution in [0.3, 0.4) is 0 Å². The van der Waals surface area contributed by atoms with Gasteiger partial charge in [-0.1, -0.05) is 0 Å². The van der Waals surface area contributed by atoms with Gasteiger partial charge >= 0.3 is 0 Å². The number of piperidine rings is 1. The maximum atomic E-state index is 10.9. The lowest BCUT2D eigenvalue weighted by Gasteiger charge is -2.35. The van der Waals surface area contributed by atoms with Gasteiger partial charge in [0.2, 0.25) is 5.91 Å². The summed E-state index contributed by atoms with van der Waals surface area (Å²) in [5.41, 5.74) is 5.23. The van der Waals surface area contributed by atoms with Crippen LogP contribution in [0.5, 0.6) is 0 Å². The molecule has 5 heteroatoms. The van der Waals surface area contributed by atoms with Gasteiger partial charge in [0.1, 0.15) is 0 Å². The van der Waals surface area contributed by atoms with Gasteiger partial charge in [0, 0.05) is 26.2 Å². The first-order valence-electron chi connectivity index (χ1n) is 7.55. The minimum absolute atomic E-state index is 0.198. The van der Waals surface area contributed by atoms with Gasteiger partial charge in [0.05, 0.1) is 6.54 Å². The number of likely N-dealkylation sites (tertiary alicyclic amines) is 1. The lowest BCUT2D eigenvalue weighted by molar-refractivity contribution is -0.119. The highest BCUT2D eigenvalue weighted by atomic mass is 16.1. The van der Waals surface area contributed by atoms with Crippen LogP contribution < -0.4 is 5.73 Å². The summed E-state index contributed by atoms with van der Waals surface area (Å²) in [5, 5.41) is 0. The normalized spacial score (nSPS) is 24.7. The summed E-state index contributed by atoms with van der Waals surface area (Å²) in [6.07, 6.45) is 3.76. The molecule has 0 aliphatic carbocycles. The molecule has 0 radical (unpaired) electrons. The van der Waals surface area contributed by atoms with Crippen LogP contribution in [0.4, 0.5) is 0 Å². The van der Waals surface area contributed by atoms with Crippen LogP contribution in [0.15, 0.2) is 0 Å². The van der Waals surface area contributed by atoms with Crippen molar-refractivity contribution in [2.75, 3.05) is 59.4 Å². The third kappa shape index (κ3) is 5.09. The Hall–Kier alpha value is -0.650. The molecule has 110 valence electrons. The fourth-order valence-electron chi connectivity index (χ4n) is 3.09. The van der Waals surface area contributed by atoms with E-state index in [9.17, 15) is 4.79 Å². The maximum Gasteiger partial charge on any atom is 0.231 e. The average Bonchev–Trinajstić information content (AvgIpc) is 2.39. The highest BCUT2D eigenvalue weighted by Gasteiger charge is 2.21. The number of amides is 1. The Morgan fingerprint density at radius 1 is 1.05 bits per heavy atom. The quantitative estimate of drug-likeness (QED) is 0.752. The smallest absolute Gasteiger partial charge is 0.231 e. The minimum Gasteiger partial charge on any atom is -0.369 e. The molecule has 1 amide bonds. The topological polar surface area (TPSA) is 52.8 Å². The molecule has 2 fully saturated rings. The van der Waals surface area contributed by atoms with E-state index in [4.69, 9.17) is 5.73 Å². The minimum atomic E-state index is -0.198. The fourth-order valence-corrected chi connectivity index (χ4v) is 3.09. The molecule has 0 saturated carbocycles. The van der Waals surface area contributed by atoms with Crippen molar-refractivity contribution in [1.82, 2.24) is 14.7 Å². The zero-order valence-corrected chi connectivity index (χ0v) is 12.2. The Morgan fingerprint density at radius 2 is 1.68 bits per heavy atom. The van der Waals surface area contributed by atoms with Gasteiger partial charge in [-0.3, -0.25) is 9.69 Å². The molecule has 2 aliphatic heterocycles. The van der Waals surface area contributed by atoms with Crippen molar-refractivity contribution >= 4 is 5.91 Å². The van der Waals surface area contributed by atoms with Crippen molar-refractivity contribution < 1.29 is 4.79 Å². The number of primary amides is 1. The van der Waals surface area contributed by atoms with E-state index in [0.29, 0.717) is 6.54 Å². The van der Waals surface area contributed by atoms with Gasteiger partial charge in [-0.15, -0.1) is 0 Å². The van der Waals surface area contributed by atoms with E-state index in [2.05, 4.69) is 21.7 Å². The number of nitrogens with zero attached hydrogens (tertiary/aromatic N) is 3. The van der Waals surface area contributed by atoms with Crippen molar-refractivity contribution in [2.45, 2.75) is 19.3 Å². The zero-order valence-electron chi connectivity index (χ0n) is 12.2. The lowest BCUT2D eigenvalue weighted by atomic mass is 9.93. The van der Waals surface area contributed by atoms with Gasteiger partial charge in [-0.25, -0.2) is 0 Å². The molecular weight excluding hydrogens is 240 g/mol. The third-order valence-corrected chi connectivity index (χ3v) is 4.54. The molecule has 0 aromatic heterocycles. The second-order valence-electron chi connectivity index (χ2n) is 6.12. The number of likely N-dealkylation sites (N-methyl/N-ethyl adjacent to an activating group) is 1. The predicted octanol–water partition coefficient (Wildman–Crippen LogP) is -0.179. The summed E-state index contributed by atoms with van der Waals surface area (Å²) in [4.78, 5) is 18.1. The van der Waals surface area contributed by atoms with Crippen LogP contribution in [0, 0.1) is 5.92 Å². The average molecular weight is 268 g/mol. The molecule has 5 nitrogen and oxygen atoms in total. The molecule has 0 aromatic rings. The fraction of sp³-hybridized carbons (Fsp3) is 0.929. The van der Waals surface area contributed by atoms with E-state index in [1.165, 1.54) is 52.0 Å². The Balaban J connectivity index is 1.59. The van der Waals surface area contributed by atoms with Gasteiger partial charge in [0.15, 0.2) is 0 Å². The molecule has 19 heavy (non-hydrogen) atoms. The number of rotatable bonds is 5. The summed E-state index contributed by atoms with van der Waals surface area (Å²) in [5.74, 6) is 0.639. The molecule has 0 unspecified atom stereocenters. The van der Waals surface area contributed by atoms with Crippen LogP contribution in [0.1, 0.15) is 19.3 Å². The summed E-state index contributed by atoms with van der Waals surface area (Å²) in [6.45, 7) is 8.61. The zero-order chi connectivity index (χ0) is 13.7. The molecule has 2 heterocycles. The van der Waals surface area contributed by atoms with Crippen LogP contribution in [-0.4, -0.2) is 80.0 Å². The largest absolute Gasteiger partial charge is 0.369 e. The third-order valence-electron chi connectivity index (χ3n) is 4.54. The number of hydrogen-bond donors (Lipinski definition) is 1. The Morgan fingerprint density at radius 3 is 2.26 bits per heavy atom. The molecule has 2 rings (SSSR count). The van der Waals surface area contributed by atoms with Crippen LogP contribution in [0.2, 0.25) is 0 Å². The first-order valence-corrected chi connectivity index (χ1v) is 7.55. The van der Waals surface area contributed by atoms with Crippen molar-refractivity contribution in [2.24, 2.45) is 11.7 Å². The monoisotopic (exact) mass is 268 g/mol.